The monoisotopic (exact) mass is 361 g/mol. The molecule has 1 unspecified atom stereocenters. The first-order valence-corrected chi connectivity index (χ1v) is 8.76. The Morgan fingerprint density at radius 2 is 2.04 bits per heavy atom. The van der Waals surface area contributed by atoms with Crippen LogP contribution < -0.4 is 5.32 Å². The number of hydrogen-bond donors (Lipinski definition) is 1. The largest absolute Gasteiger partial charge is 0.463 e. The summed E-state index contributed by atoms with van der Waals surface area (Å²) in [6.07, 6.45) is 3.43. The van der Waals surface area contributed by atoms with Crippen LogP contribution in [-0.4, -0.2) is 32.3 Å². The fourth-order valence-electron chi connectivity index (χ4n) is 3.23. The minimum Gasteiger partial charge on any atom is -0.463 e. The number of nitrogens with one attached hydrogen (secondary N) is 1. The molecular formula is C20H19N5O2. The van der Waals surface area contributed by atoms with E-state index in [1.807, 2.05) is 49.4 Å². The van der Waals surface area contributed by atoms with Crippen LogP contribution in [0.15, 0.2) is 60.4 Å². The van der Waals surface area contributed by atoms with E-state index >= 15 is 0 Å². The number of hydrogen-bond acceptors (Lipinski definition) is 6. The summed E-state index contributed by atoms with van der Waals surface area (Å²) in [5.41, 5.74) is 2.86. The fourth-order valence-corrected chi connectivity index (χ4v) is 3.23. The van der Waals surface area contributed by atoms with Gasteiger partial charge >= 0.3 is 5.97 Å². The molecule has 7 heteroatoms. The van der Waals surface area contributed by atoms with Crippen molar-refractivity contribution in [2.45, 2.75) is 19.9 Å². The van der Waals surface area contributed by atoms with E-state index < -0.39 is 12.0 Å². The normalized spacial score (nSPS) is 15.9. The highest BCUT2D eigenvalue weighted by molar-refractivity contribution is 6.02. The highest BCUT2D eigenvalue weighted by atomic mass is 16.5. The molecule has 7 nitrogen and oxygen atoms in total. The van der Waals surface area contributed by atoms with Crippen LogP contribution in [0.4, 0.5) is 5.95 Å². The maximum Gasteiger partial charge on any atom is 0.338 e. The van der Waals surface area contributed by atoms with Crippen LogP contribution in [0, 0.1) is 6.92 Å². The molecule has 1 N–H and O–H groups in total. The van der Waals surface area contributed by atoms with Crippen molar-refractivity contribution in [1.82, 2.24) is 19.7 Å². The van der Waals surface area contributed by atoms with Gasteiger partial charge < -0.3 is 10.1 Å². The summed E-state index contributed by atoms with van der Waals surface area (Å²) in [5.74, 6) is 0.800. The summed E-state index contributed by atoms with van der Waals surface area (Å²) in [6, 6.07) is 13.0. The lowest BCUT2D eigenvalue weighted by atomic mass is 9.94. The van der Waals surface area contributed by atoms with Crippen molar-refractivity contribution in [2.24, 2.45) is 0 Å². The maximum absolute atomic E-state index is 13.0. The predicted molar refractivity (Wildman–Crippen MR) is 101 cm³/mol. The number of esters is 1. The summed E-state index contributed by atoms with van der Waals surface area (Å²) in [5, 5.41) is 7.77. The molecular weight excluding hydrogens is 342 g/mol. The smallest absolute Gasteiger partial charge is 0.338 e. The summed E-state index contributed by atoms with van der Waals surface area (Å²) < 4.78 is 7.10. The fraction of sp³-hybridized carbons (Fsp3) is 0.200. The van der Waals surface area contributed by atoms with E-state index in [4.69, 9.17) is 4.74 Å². The third-order valence-electron chi connectivity index (χ3n) is 4.32. The van der Waals surface area contributed by atoms with Gasteiger partial charge in [-0.15, -0.1) is 0 Å². The Bertz CT molecular complexity index is 996. The molecule has 1 aliphatic rings. The Kier molecular flexibility index (Phi) is 4.42. The zero-order valence-electron chi connectivity index (χ0n) is 15.1. The molecule has 0 fully saturated rings. The van der Waals surface area contributed by atoms with Crippen LogP contribution in [0.2, 0.25) is 0 Å². The van der Waals surface area contributed by atoms with Crippen molar-refractivity contribution in [3.05, 3.63) is 77.4 Å². The van der Waals surface area contributed by atoms with Crippen molar-refractivity contribution in [1.29, 1.82) is 0 Å². The van der Waals surface area contributed by atoms with Gasteiger partial charge in [0.25, 0.3) is 0 Å². The van der Waals surface area contributed by atoms with Crippen LogP contribution in [-0.2, 0) is 9.53 Å². The van der Waals surface area contributed by atoms with Crippen LogP contribution in [0.1, 0.15) is 29.9 Å². The van der Waals surface area contributed by atoms with Crippen molar-refractivity contribution in [2.75, 3.05) is 11.9 Å². The van der Waals surface area contributed by atoms with Gasteiger partial charge in [-0.2, -0.15) is 10.1 Å². The van der Waals surface area contributed by atoms with E-state index in [1.165, 1.54) is 0 Å². The van der Waals surface area contributed by atoms with Crippen molar-refractivity contribution >= 4 is 17.6 Å². The highest BCUT2D eigenvalue weighted by Gasteiger charge is 2.36. The molecule has 1 aliphatic heterocycles. The van der Waals surface area contributed by atoms with Crippen molar-refractivity contribution in [3.63, 3.8) is 0 Å². The second kappa shape index (κ2) is 7.03. The Balaban J connectivity index is 1.98. The van der Waals surface area contributed by atoms with Gasteiger partial charge in [-0.3, -0.25) is 4.98 Å². The Labute approximate surface area is 156 Å². The SMILES string of the molecule is CCOC(=O)C1=C(c2ccccc2)Nc2nc(C)nn2C1c1cccnc1. The van der Waals surface area contributed by atoms with Gasteiger partial charge in [-0.25, -0.2) is 9.48 Å². The quantitative estimate of drug-likeness (QED) is 0.720. The molecule has 0 amide bonds. The van der Waals surface area contributed by atoms with Crippen LogP contribution in [0.25, 0.3) is 5.70 Å². The molecule has 3 aromatic rings. The molecule has 0 aliphatic carbocycles. The summed E-state index contributed by atoms with van der Waals surface area (Å²) in [6.45, 7) is 3.90. The van der Waals surface area contributed by atoms with Crippen molar-refractivity contribution in [3.8, 4) is 0 Å². The molecule has 0 saturated heterocycles. The Morgan fingerprint density at radius 3 is 2.74 bits per heavy atom. The second-order valence-corrected chi connectivity index (χ2v) is 6.12. The van der Waals surface area contributed by atoms with E-state index in [-0.39, 0.29) is 6.61 Å². The standard InChI is InChI=1S/C20H19N5O2/c1-3-27-19(26)16-17(14-8-5-4-6-9-14)23-20-22-13(2)24-25(20)18(16)15-10-7-11-21-12-15/h4-12,18H,3H2,1-2H3,(H,22,23,24). The Morgan fingerprint density at radius 1 is 1.22 bits per heavy atom. The van der Waals surface area contributed by atoms with E-state index in [9.17, 15) is 4.79 Å². The van der Waals surface area contributed by atoms with E-state index in [1.54, 1.807) is 24.0 Å². The first kappa shape index (κ1) is 17.0. The molecule has 1 atom stereocenters. The summed E-state index contributed by atoms with van der Waals surface area (Å²) in [4.78, 5) is 21.7. The number of rotatable bonds is 4. The van der Waals surface area contributed by atoms with Gasteiger partial charge in [0, 0.05) is 12.4 Å². The zero-order chi connectivity index (χ0) is 18.8. The van der Waals surface area contributed by atoms with E-state index in [0.717, 1.165) is 11.1 Å². The van der Waals surface area contributed by atoms with Gasteiger partial charge in [0.1, 0.15) is 11.9 Å². The number of carbonyl (C=O) groups is 1. The highest BCUT2D eigenvalue weighted by Crippen LogP contribution is 2.38. The molecule has 2 aromatic heterocycles. The number of ether oxygens (including phenoxy) is 1. The molecule has 136 valence electrons. The van der Waals surface area contributed by atoms with Gasteiger partial charge in [-0.1, -0.05) is 36.4 Å². The van der Waals surface area contributed by atoms with Gasteiger partial charge in [0.2, 0.25) is 5.95 Å². The number of pyridine rings is 1. The average molecular weight is 361 g/mol. The summed E-state index contributed by atoms with van der Waals surface area (Å²) in [7, 11) is 0. The molecule has 27 heavy (non-hydrogen) atoms. The number of aromatic nitrogens is 4. The number of benzene rings is 1. The number of carbonyl (C=O) groups excluding carboxylic acids is 1. The van der Waals surface area contributed by atoms with Crippen molar-refractivity contribution < 1.29 is 9.53 Å². The van der Waals surface area contributed by atoms with Crippen LogP contribution in [0.5, 0.6) is 0 Å². The zero-order valence-corrected chi connectivity index (χ0v) is 15.1. The lowest BCUT2D eigenvalue weighted by Crippen LogP contribution is -2.30. The second-order valence-electron chi connectivity index (χ2n) is 6.12. The minimum absolute atomic E-state index is 0.285. The molecule has 4 rings (SSSR count). The first-order valence-electron chi connectivity index (χ1n) is 8.76. The van der Waals surface area contributed by atoms with Gasteiger partial charge in [-0.05, 0) is 31.0 Å². The number of fused-ring (bicyclic) bond motifs is 1. The lowest BCUT2D eigenvalue weighted by molar-refractivity contribution is -0.138. The molecule has 0 bridgehead atoms. The first-order chi connectivity index (χ1) is 13.2. The van der Waals surface area contributed by atoms with E-state index in [0.29, 0.717) is 23.0 Å². The molecule has 0 saturated carbocycles. The topological polar surface area (TPSA) is 81.9 Å². The number of aryl methyl sites for hydroxylation is 1. The number of nitrogens with zero attached hydrogens (tertiary/aromatic N) is 4. The minimum atomic E-state index is -0.481. The predicted octanol–water partition coefficient (Wildman–Crippen LogP) is 2.97. The molecule has 0 spiro atoms. The van der Waals surface area contributed by atoms with Crippen LogP contribution >= 0.6 is 0 Å². The molecule has 0 radical (unpaired) electrons. The third kappa shape index (κ3) is 3.08. The number of anilines is 1. The molecule has 3 heterocycles. The Hall–Kier alpha value is -3.48. The molecule has 1 aromatic carbocycles. The third-order valence-corrected chi connectivity index (χ3v) is 4.32. The van der Waals surface area contributed by atoms with Gasteiger partial charge in [0.15, 0.2) is 0 Å². The summed E-state index contributed by atoms with van der Waals surface area (Å²) >= 11 is 0. The van der Waals surface area contributed by atoms with Gasteiger partial charge in [0.05, 0.1) is 17.9 Å². The maximum atomic E-state index is 13.0. The van der Waals surface area contributed by atoms with Crippen LogP contribution in [0.3, 0.4) is 0 Å². The van der Waals surface area contributed by atoms with E-state index in [2.05, 4.69) is 20.4 Å². The lowest BCUT2D eigenvalue weighted by Gasteiger charge is -2.29. The average Bonchev–Trinajstić information content (AvgIpc) is 3.08.